The van der Waals surface area contributed by atoms with Crippen LogP contribution in [-0.4, -0.2) is 19.5 Å². The predicted molar refractivity (Wildman–Crippen MR) is 240 cm³/mol. The number of hydrogen-bond donors (Lipinski definition) is 0. The molecule has 58 heavy (non-hydrogen) atoms. The number of benzene rings is 7. The lowest BCUT2D eigenvalue weighted by molar-refractivity contribution is 0.588. The third-order valence-corrected chi connectivity index (χ3v) is 12.0. The molecule has 0 amide bonds. The van der Waals surface area contributed by atoms with E-state index in [1.54, 1.807) is 0 Å². The van der Waals surface area contributed by atoms with Gasteiger partial charge in [-0.2, -0.15) is 0 Å². The van der Waals surface area contributed by atoms with Gasteiger partial charge in [0.1, 0.15) is 0 Å². The molecular formula is C54H46N4. The maximum atomic E-state index is 5.21. The second-order valence-electron chi connectivity index (χ2n) is 17.7. The summed E-state index contributed by atoms with van der Waals surface area (Å²) < 4.78 is 2.53. The van der Waals surface area contributed by atoms with Crippen molar-refractivity contribution in [2.24, 2.45) is 0 Å². The number of aromatic nitrogens is 4. The lowest BCUT2D eigenvalue weighted by Gasteiger charge is -2.42. The average molecular weight is 751 g/mol. The summed E-state index contributed by atoms with van der Waals surface area (Å²) in [6, 6.07) is 61.5. The van der Waals surface area contributed by atoms with Crippen molar-refractivity contribution in [3.63, 3.8) is 0 Å². The van der Waals surface area contributed by atoms with Gasteiger partial charge in [-0.15, -0.1) is 0 Å². The molecule has 0 bridgehead atoms. The van der Waals surface area contributed by atoms with Gasteiger partial charge in [-0.3, -0.25) is 0 Å². The summed E-state index contributed by atoms with van der Waals surface area (Å²) in [7, 11) is 0. The molecule has 3 heterocycles. The van der Waals surface area contributed by atoms with Crippen LogP contribution >= 0.6 is 0 Å². The molecule has 0 atom stereocenters. The number of hydrogen-bond acceptors (Lipinski definition) is 3. The van der Waals surface area contributed by atoms with Gasteiger partial charge in [0.05, 0.1) is 22.1 Å². The fraction of sp³-hybridized carbons (Fsp3) is 0.167. The third kappa shape index (κ3) is 5.61. The van der Waals surface area contributed by atoms with E-state index >= 15 is 0 Å². The Hall–Kier alpha value is -6.65. The van der Waals surface area contributed by atoms with Crippen molar-refractivity contribution in [3.05, 3.63) is 203 Å². The minimum atomic E-state index is -0.678. The van der Waals surface area contributed by atoms with E-state index in [2.05, 4.69) is 180 Å². The molecule has 0 spiro atoms. The zero-order valence-corrected chi connectivity index (χ0v) is 34.0. The van der Waals surface area contributed by atoms with Gasteiger partial charge >= 0.3 is 0 Å². The molecule has 0 N–H and O–H groups in total. The minimum Gasteiger partial charge on any atom is -0.309 e. The highest BCUT2D eigenvalue weighted by Crippen LogP contribution is 2.56. The summed E-state index contributed by atoms with van der Waals surface area (Å²) in [6.07, 6.45) is 0. The highest BCUT2D eigenvalue weighted by molar-refractivity contribution is 6.13. The summed E-state index contributed by atoms with van der Waals surface area (Å²) in [4.78, 5) is 15.5. The van der Waals surface area contributed by atoms with E-state index in [4.69, 9.17) is 15.0 Å². The van der Waals surface area contributed by atoms with Crippen LogP contribution in [0.5, 0.6) is 0 Å². The molecule has 7 aromatic carbocycles. The van der Waals surface area contributed by atoms with Crippen molar-refractivity contribution in [2.75, 3.05) is 0 Å². The quantitative estimate of drug-likeness (QED) is 0.176. The van der Waals surface area contributed by atoms with Crippen LogP contribution in [0, 0.1) is 0 Å². The van der Waals surface area contributed by atoms with Gasteiger partial charge < -0.3 is 4.57 Å². The Morgan fingerprint density at radius 3 is 1.41 bits per heavy atom. The van der Waals surface area contributed by atoms with Crippen molar-refractivity contribution < 1.29 is 0 Å². The topological polar surface area (TPSA) is 43.6 Å². The summed E-state index contributed by atoms with van der Waals surface area (Å²) in [5, 5.41) is 2.56. The average Bonchev–Trinajstić information content (AvgIpc) is 3.58. The van der Waals surface area contributed by atoms with E-state index < -0.39 is 5.41 Å². The van der Waals surface area contributed by atoms with E-state index in [1.165, 1.54) is 55.2 Å². The summed E-state index contributed by atoms with van der Waals surface area (Å²) >= 11 is 0. The fourth-order valence-electron chi connectivity index (χ4n) is 9.00. The molecule has 0 saturated heterocycles. The molecule has 1 aliphatic heterocycles. The van der Waals surface area contributed by atoms with Gasteiger partial charge in [0.15, 0.2) is 17.5 Å². The zero-order valence-electron chi connectivity index (χ0n) is 34.0. The van der Waals surface area contributed by atoms with Gasteiger partial charge in [-0.05, 0) is 80.6 Å². The van der Waals surface area contributed by atoms with Gasteiger partial charge in [0.2, 0.25) is 0 Å². The molecule has 4 nitrogen and oxygen atoms in total. The van der Waals surface area contributed by atoms with Gasteiger partial charge in [-0.25, -0.2) is 15.0 Å². The molecule has 0 fully saturated rings. The second-order valence-corrected chi connectivity index (χ2v) is 17.7. The highest BCUT2D eigenvalue weighted by Gasteiger charge is 2.46. The molecule has 0 radical (unpaired) electrons. The molecule has 0 aliphatic carbocycles. The van der Waals surface area contributed by atoms with E-state index in [-0.39, 0.29) is 10.8 Å². The van der Waals surface area contributed by atoms with Crippen LogP contribution in [0.4, 0.5) is 0 Å². The number of nitrogens with zero attached hydrogens (tertiary/aromatic N) is 4. The Morgan fingerprint density at radius 1 is 0.414 bits per heavy atom. The van der Waals surface area contributed by atoms with E-state index in [9.17, 15) is 0 Å². The van der Waals surface area contributed by atoms with Crippen LogP contribution in [0.15, 0.2) is 170 Å². The molecule has 0 unspecified atom stereocenters. The van der Waals surface area contributed by atoms with Crippen LogP contribution < -0.4 is 0 Å². The Balaban J connectivity index is 1.36. The lowest BCUT2D eigenvalue weighted by Crippen LogP contribution is -2.36. The Kier molecular flexibility index (Phi) is 8.14. The van der Waals surface area contributed by atoms with Crippen LogP contribution in [-0.2, 0) is 16.2 Å². The minimum absolute atomic E-state index is 0.000346. The molecule has 9 aromatic rings. The molecule has 1 aliphatic rings. The van der Waals surface area contributed by atoms with Crippen molar-refractivity contribution in [1.29, 1.82) is 0 Å². The molecule has 2 aromatic heterocycles. The SMILES string of the molecule is CC(C)(C)c1ccc2c(c1)c1cc(C(C)(C)C)cc3c1n2-c1ccc(-c2nc(-c4ccccc4)nc(-c4ccccc4)n2)cc1C3(c1ccccc1)c1ccccc1. The maximum Gasteiger partial charge on any atom is 0.164 e. The van der Waals surface area contributed by atoms with Crippen molar-refractivity contribution in [3.8, 4) is 39.9 Å². The fourth-order valence-corrected chi connectivity index (χ4v) is 9.00. The molecule has 0 saturated carbocycles. The van der Waals surface area contributed by atoms with Crippen molar-refractivity contribution in [1.82, 2.24) is 19.5 Å². The normalized spacial score (nSPS) is 13.5. The third-order valence-electron chi connectivity index (χ3n) is 12.0. The summed E-state index contributed by atoms with van der Waals surface area (Å²) in [5.41, 5.74) is 13.2. The Bertz CT molecular complexity index is 2890. The molecule has 10 rings (SSSR count). The van der Waals surface area contributed by atoms with Crippen LogP contribution in [0.2, 0.25) is 0 Å². The molecule has 4 heteroatoms. The van der Waals surface area contributed by atoms with Crippen LogP contribution in [0.25, 0.3) is 61.7 Å². The number of rotatable bonds is 5. The van der Waals surface area contributed by atoms with Crippen LogP contribution in [0.1, 0.15) is 74.9 Å². The summed E-state index contributed by atoms with van der Waals surface area (Å²) in [6.45, 7) is 13.9. The lowest BCUT2D eigenvalue weighted by atomic mass is 9.62. The Morgan fingerprint density at radius 2 is 0.897 bits per heavy atom. The predicted octanol–water partition coefficient (Wildman–Crippen LogP) is 13.3. The standard InChI is InChI=1S/C54H46N4/c1-52(2,3)40-28-30-46-42(32-40)43-33-41(53(4,5)6)34-45-48(43)58(46)47-29-27-37(31-44(47)54(45,38-23-15-9-16-24-38)39-25-17-10-18-26-39)51-56-49(35-19-11-7-12-20-35)55-50(57-51)36-21-13-8-14-22-36/h7-34H,1-6H3. The Labute approximate surface area is 340 Å². The largest absolute Gasteiger partial charge is 0.309 e. The monoisotopic (exact) mass is 750 g/mol. The first-order valence-corrected chi connectivity index (χ1v) is 20.3. The molecule has 282 valence electrons. The van der Waals surface area contributed by atoms with Gasteiger partial charge in [0.25, 0.3) is 0 Å². The molecular weight excluding hydrogens is 705 g/mol. The van der Waals surface area contributed by atoms with E-state index in [0.717, 1.165) is 22.4 Å². The smallest absolute Gasteiger partial charge is 0.164 e. The maximum absolute atomic E-state index is 5.21. The van der Waals surface area contributed by atoms with E-state index in [0.29, 0.717) is 17.5 Å². The van der Waals surface area contributed by atoms with Crippen LogP contribution in [0.3, 0.4) is 0 Å². The second kappa shape index (κ2) is 13.2. The zero-order chi connectivity index (χ0) is 39.8. The van der Waals surface area contributed by atoms with Gasteiger partial charge in [0, 0.05) is 27.5 Å². The highest BCUT2D eigenvalue weighted by atomic mass is 15.0. The summed E-state index contributed by atoms with van der Waals surface area (Å²) in [5.74, 6) is 1.93. The van der Waals surface area contributed by atoms with Crippen molar-refractivity contribution >= 4 is 21.8 Å². The number of fused-ring (bicyclic) bond motifs is 5. The first kappa shape index (κ1) is 35.7. The van der Waals surface area contributed by atoms with Crippen molar-refractivity contribution in [2.45, 2.75) is 57.8 Å². The first-order valence-electron chi connectivity index (χ1n) is 20.3. The van der Waals surface area contributed by atoms with Gasteiger partial charge in [-0.1, -0.05) is 175 Å². The van der Waals surface area contributed by atoms with E-state index in [1.807, 2.05) is 36.4 Å². The first-order chi connectivity index (χ1) is 28.0.